The monoisotopic (exact) mass is 499 g/mol. The molecule has 0 fully saturated rings. The smallest absolute Gasteiger partial charge is 0.299 e. The number of anilines is 3. The summed E-state index contributed by atoms with van der Waals surface area (Å²) in [5.74, 6) is -2.57. The number of benzene rings is 2. The fourth-order valence-electron chi connectivity index (χ4n) is 1.81. The summed E-state index contributed by atoms with van der Waals surface area (Å²) in [4.78, 5) is 0. The third kappa shape index (κ3) is 5.27. The van der Waals surface area contributed by atoms with Crippen molar-refractivity contribution >= 4 is 61.5 Å². The summed E-state index contributed by atoms with van der Waals surface area (Å²) in [6.45, 7) is 3.31. The van der Waals surface area contributed by atoms with E-state index < -0.39 is 27.5 Å². The van der Waals surface area contributed by atoms with Gasteiger partial charge in [0.2, 0.25) is 0 Å². The van der Waals surface area contributed by atoms with E-state index in [1.54, 1.807) is 18.2 Å². The van der Waals surface area contributed by atoms with Crippen molar-refractivity contribution in [1.29, 1.82) is 0 Å². The Morgan fingerprint density at radius 3 is 2.36 bits per heavy atom. The summed E-state index contributed by atoms with van der Waals surface area (Å²) >= 11 is 8.11. The molecule has 2 rings (SSSR count). The Labute approximate surface area is 162 Å². The van der Waals surface area contributed by atoms with Gasteiger partial charge in [-0.15, -0.1) is 6.58 Å². The van der Waals surface area contributed by atoms with E-state index in [9.17, 15) is 17.2 Å². The van der Waals surface area contributed by atoms with Crippen molar-refractivity contribution < 1.29 is 17.2 Å². The summed E-state index contributed by atoms with van der Waals surface area (Å²) in [5.41, 5.74) is -0.308. The van der Waals surface area contributed by atoms with E-state index in [4.69, 9.17) is 11.6 Å². The highest BCUT2D eigenvalue weighted by Gasteiger charge is 2.18. The van der Waals surface area contributed by atoms with Crippen LogP contribution in [0.1, 0.15) is 0 Å². The number of hydrogen-bond donors (Lipinski definition) is 3. The molecule has 0 radical (unpaired) electrons. The molecule has 2 aromatic carbocycles. The normalized spacial score (nSPS) is 11.2. The van der Waals surface area contributed by atoms with Gasteiger partial charge in [0.15, 0.2) is 11.6 Å². The second-order valence-corrected chi connectivity index (χ2v) is 7.93. The SMILES string of the molecule is C=CCNS(=O)(=O)Nc1ccc(Nc2ccc(I)cc2Cl)c(F)c1F. The van der Waals surface area contributed by atoms with Crippen LogP contribution in [0.3, 0.4) is 0 Å². The Morgan fingerprint density at radius 1 is 1.12 bits per heavy atom. The number of hydrogen-bond acceptors (Lipinski definition) is 3. The highest BCUT2D eigenvalue weighted by Crippen LogP contribution is 2.31. The fourth-order valence-corrected chi connectivity index (χ4v) is 3.57. The van der Waals surface area contributed by atoms with Gasteiger partial charge in [-0.3, -0.25) is 4.72 Å². The van der Waals surface area contributed by atoms with Crippen LogP contribution < -0.4 is 14.8 Å². The Balaban J connectivity index is 2.26. The van der Waals surface area contributed by atoms with Crippen LogP contribution in [0.2, 0.25) is 5.02 Å². The first-order valence-electron chi connectivity index (χ1n) is 6.82. The third-order valence-electron chi connectivity index (χ3n) is 2.94. The van der Waals surface area contributed by atoms with Crippen LogP contribution in [0, 0.1) is 15.2 Å². The van der Waals surface area contributed by atoms with Crippen molar-refractivity contribution in [3.63, 3.8) is 0 Å². The van der Waals surface area contributed by atoms with Gasteiger partial charge in [-0.05, 0) is 52.9 Å². The van der Waals surface area contributed by atoms with Crippen LogP contribution in [0.5, 0.6) is 0 Å². The molecule has 0 aliphatic rings. The molecule has 0 aromatic heterocycles. The Bertz CT molecular complexity index is 910. The average molecular weight is 500 g/mol. The van der Waals surface area contributed by atoms with Crippen LogP contribution in [-0.2, 0) is 10.2 Å². The van der Waals surface area contributed by atoms with Crippen molar-refractivity contribution in [1.82, 2.24) is 4.72 Å². The average Bonchev–Trinajstić information content (AvgIpc) is 2.55. The molecule has 0 atom stereocenters. The van der Waals surface area contributed by atoms with E-state index >= 15 is 0 Å². The van der Waals surface area contributed by atoms with Crippen molar-refractivity contribution in [3.8, 4) is 0 Å². The number of rotatable bonds is 7. The minimum atomic E-state index is -4.04. The summed E-state index contributed by atoms with van der Waals surface area (Å²) in [6.07, 6.45) is 1.31. The van der Waals surface area contributed by atoms with Gasteiger partial charge in [0.1, 0.15) is 0 Å². The summed E-state index contributed by atoms with van der Waals surface area (Å²) in [5, 5.41) is 3.01. The zero-order valence-corrected chi connectivity index (χ0v) is 16.3. The molecular weight excluding hydrogens is 487 g/mol. The lowest BCUT2D eigenvalue weighted by Gasteiger charge is -2.13. The molecule has 0 bridgehead atoms. The van der Waals surface area contributed by atoms with Crippen LogP contribution in [-0.4, -0.2) is 15.0 Å². The molecule has 0 heterocycles. The van der Waals surface area contributed by atoms with Gasteiger partial charge in [0.05, 0.1) is 22.1 Å². The highest BCUT2D eigenvalue weighted by molar-refractivity contribution is 14.1. The van der Waals surface area contributed by atoms with Crippen LogP contribution in [0.4, 0.5) is 25.8 Å². The summed E-state index contributed by atoms with van der Waals surface area (Å²) in [6, 6.07) is 7.34. The molecule has 0 aliphatic carbocycles. The van der Waals surface area contributed by atoms with Gasteiger partial charge in [0.25, 0.3) is 10.2 Å². The van der Waals surface area contributed by atoms with Crippen LogP contribution in [0.15, 0.2) is 43.0 Å². The molecule has 134 valence electrons. The highest BCUT2D eigenvalue weighted by atomic mass is 127. The second-order valence-electron chi connectivity index (χ2n) is 4.78. The lowest BCUT2D eigenvalue weighted by Crippen LogP contribution is -2.30. The van der Waals surface area contributed by atoms with Gasteiger partial charge >= 0.3 is 0 Å². The molecule has 25 heavy (non-hydrogen) atoms. The fraction of sp³-hybridized carbons (Fsp3) is 0.0667. The molecular formula is C15H13ClF2IN3O2S. The van der Waals surface area contributed by atoms with Crippen LogP contribution >= 0.6 is 34.2 Å². The number of nitrogens with one attached hydrogen (secondary N) is 3. The minimum Gasteiger partial charge on any atom is -0.352 e. The largest absolute Gasteiger partial charge is 0.352 e. The van der Waals surface area contributed by atoms with E-state index in [0.29, 0.717) is 10.7 Å². The van der Waals surface area contributed by atoms with Crippen LogP contribution in [0.25, 0.3) is 0 Å². The first-order chi connectivity index (χ1) is 11.7. The third-order valence-corrected chi connectivity index (χ3v) is 4.96. The first kappa shape index (κ1) is 19.9. The molecule has 0 saturated carbocycles. The predicted octanol–water partition coefficient (Wildman–Crippen LogP) is 4.40. The van der Waals surface area contributed by atoms with Gasteiger partial charge in [0, 0.05) is 10.1 Å². The maximum atomic E-state index is 14.2. The lowest BCUT2D eigenvalue weighted by atomic mass is 10.2. The van der Waals surface area contributed by atoms with Crippen molar-refractivity contribution in [2.75, 3.05) is 16.6 Å². The maximum absolute atomic E-state index is 14.2. The molecule has 0 amide bonds. The topological polar surface area (TPSA) is 70.2 Å². The number of halogens is 4. The Morgan fingerprint density at radius 2 is 1.72 bits per heavy atom. The minimum absolute atomic E-state index is 0.0512. The quantitative estimate of drug-likeness (QED) is 0.391. The first-order valence-corrected chi connectivity index (χ1v) is 9.76. The second kappa shape index (κ2) is 8.30. The summed E-state index contributed by atoms with van der Waals surface area (Å²) < 4.78 is 56.6. The molecule has 10 heteroatoms. The molecule has 0 aliphatic heterocycles. The van der Waals surface area contributed by atoms with Gasteiger partial charge in [-0.1, -0.05) is 17.7 Å². The lowest BCUT2D eigenvalue weighted by molar-refractivity contribution is 0.514. The molecule has 0 saturated heterocycles. The van der Waals surface area contributed by atoms with Gasteiger partial charge < -0.3 is 5.32 Å². The predicted molar refractivity (Wildman–Crippen MR) is 105 cm³/mol. The van der Waals surface area contributed by atoms with Gasteiger partial charge in [-0.2, -0.15) is 13.1 Å². The van der Waals surface area contributed by atoms with E-state index in [0.717, 1.165) is 9.64 Å². The molecule has 2 aromatic rings. The van der Waals surface area contributed by atoms with E-state index in [-0.39, 0.29) is 12.2 Å². The Hall–Kier alpha value is -1.43. The molecule has 3 N–H and O–H groups in total. The van der Waals surface area contributed by atoms with Crippen molar-refractivity contribution in [2.24, 2.45) is 0 Å². The van der Waals surface area contributed by atoms with E-state index in [1.165, 1.54) is 12.1 Å². The summed E-state index contributed by atoms with van der Waals surface area (Å²) in [7, 11) is -4.04. The zero-order chi connectivity index (χ0) is 18.6. The standard InChI is InChI=1S/C15H13ClF2IN3O2S/c1-2-7-20-25(23,24)22-13-6-5-12(14(17)15(13)18)21-11-4-3-9(19)8-10(11)16/h2-6,8,20-22H,1,7H2. The molecule has 0 spiro atoms. The van der Waals surface area contributed by atoms with E-state index in [2.05, 4.69) is 39.2 Å². The molecule has 0 unspecified atom stereocenters. The van der Waals surface area contributed by atoms with Crippen molar-refractivity contribution in [3.05, 3.63) is 63.2 Å². The molecule has 5 nitrogen and oxygen atoms in total. The zero-order valence-electron chi connectivity index (χ0n) is 12.6. The van der Waals surface area contributed by atoms with Crippen molar-refractivity contribution in [2.45, 2.75) is 0 Å². The maximum Gasteiger partial charge on any atom is 0.299 e. The Kier molecular flexibility index (Phi) is 6.60. The van der Waals surface area contributed by atoms with Gasteiger partial charge in [-0.25, -0.2) is 8.78 Å². The van der Waals surface area contributed by atoms with E-state index in [1.807, 2.05) is 4.72 Å².